The summed E-state index contributed by atoms with van der Waals surface area (Å²) in [5.41, 5.74) is 8.34. The van der Waals surface area contributed by atoms with E-state index >= 15 is 0 Å². The van der Waals surface area contributed by atoms with Crippen LogP contribution in [0.25, 0.3) is 11.4 Å². The Balaban J connectivity index is 0.000000730. The zero-order valence-electron chi connectivity index (χ0n) is 15.7. The molecule has 2 heterocycles. The highest BCUT2D eigenvalue weighted by atomic mass is 32.1. The van der Waals surface area contributed by atoms with Gasteiger partial charge in [-0.15, -0.1) is 0 Å². The minimum Gasteiger partial charge on any atom is -0.399 e. The van der Waals surface area contributed by atoms with Crippen LogP contribution in [0.15, 0.2) is 30.3 Å². The van der Waals surface area contributed by atoms with Crippen molar-refractivity contribution in [3.8, 4) is 11.4 Å². The molecule has 138 valence electrons. The summed E-state index contributed by atoms with van der Waals surface area (Å²) in [5, 5.41) is 0. The Morgan fingerprint density at radius 3 is 2.20 bits per heavy atom. The summed E-state index contributed by atoms with van der Waals surface area (Å²) in [4.78, 5) is 11.5. The summed E-state index contributed by atoms with van der Waals surface area (Å²) >= 11 is 4.34. The number of hydrogen-bond donors (Lipinski definition) is 2. The average Bonchev–Trinajstić information content (AvgIpc) is 2.72. The molecular formula is C19H30N4OS. The van der Waals surface area contributed by atoms with Gasteiger partial charge in [0.2, 0.25) is 0 Å². The number of nitrogens with two attached hydrogens (primary N) is 1. The van der Waals surface area contributed by atoms with Crippen LogP contribution in [-0.2, 0) is 10.5 Å². The maximum Gasteiger partial charge on any atom is 0.161 e. The van der Waals surface area contributed by atoms with E-state index < -0.39 is 0 Å². The molecule has 0 radical (unpaired) electrons. The number of aromatic nitrogens is 2. The van der Waals surface area contributed by atoms with Gasteiger partial charge in [-0.05, 0) is 24.3 Å². The fraction of sp³-hybridized carbons (Fsp3) is 0.474. The van der Waals surface area contributed by atoms with Gasteiger partial charge in [-0.25, -0.2) is 9.97 Å². The summed E-state index contributed by atoms with van der Waals surface area (Å²) in [6.07, 6.45) is 0. The summed E-state index contributed by atoms with van der Waals surface area (Å²) in [5.74, 6) is 2.23. The van der Waals surface area contributed by atoms with Crippen molar-refractivity contribution in [2.24, 2.45) is 0 Å². The fourth-order valence-corrected chi connectivity index (χ4v) is 2.44. The van der Waals surface area contributed by atoms with Crippen LogP contribution in [0.2, 0.25) is 0 Å². The summed E-state index contributed by atoms with van der Waals surface area (Å²) in [7, 11) is 0. The molecule has 0 unspecified atom stereocenters. The summed E-state index contributed by atoms with van der Waals surface area (Å²) in [6.45, 7) is 11.2. The molecule has 0 spiro atoms. The van der Waals surface area contributed by atoms with Crippen molar-refractivity contribution in [3.63, 3.8) is 0 Å². The van der Waals surface area contributed by atoms with E-state index in [1.54, 1.807) is 0 Å². The number of benzene rings is 1. The topological polar surface area (TPSA) is 64.3 Å². The molecule has 1 aromatic heterocycles. The molecule has 3 rings (SSSR count). The number of anilines is 2. The highest BCUT2D eigenvalue weighted by molar-refractivity contribution is 7.79. The fourth-order valence-electron chi connectivity index (χ4n) is 2.28. The Bertz CT molecular complexity index is 613. The van der Waals surface area contributed by atoms with E-state index in [-0.39, 0.29) is 0 Å². The van der Waals surface area contributed by atoms with Crippen molar-refractivity contribution in [3.05, 3.63) is 36.0 Å². The number of hydrogen-bond acceptors (Lipinski definition) is 6. The molecule has 5 nitrogen and oxygen atoms in total. The van der Waals surface area contributed by atoms with Crippen LogP contribution < -0.4 is 10.6 Å². The van der Waals surface area contributed by atoms with Gasteiger partial charge in [-0.2, -0.15) is 12.6 Å². The van der Waals surface area contributed by atoms with Crippen LogP contribution in [0.3, 0.4) is 0 Å². The van der Waals surface area contributed by atoms with E-state index in [9.17, 15) is 0 Å². The van der Waals surface area contributed by atoms with Crippen molar-refractivity contribution < 1.29 is 4.74 Å². The third kappa shape index (κ3) is 6.21. The van der Waals surface area contributed by atoms with Crippen LogP contribution >= 0.6 is 12.6 Å². The zero-order chi connectivity index (χ0) is 18.7. The highest BCUT2D eigenvalue weighted by Crippen LogP contribution is 2.22. The molecular weight excluding hydrogens is 332 g/mol. The van der Waals surface area contributed by atoms with Crippen molar-refractivity contribution in [2.45, 2.75) is 33.4 Å². The van der Waals surface area contributed by atoms with Crippen molar-refractivity contribution in [2.75, 3.05) is 36.9 Å². The predicted molar refractivity (Wildman–Crippen MR) is 110 cm³/mol. The molecule has 2 aromatic rings. The Morgan fingerprint density at radius 2 is 1.64 bits per heavy atom. The maximum absolute atomic E-state index is 5.73. The first-order valence-corrected chi connectivity index (χ1v) is 9.57. The van der Waals surface area contributed by atoms with Gasteiger partial charge >= 0.3 is 0 Å². The molecule has 25 heavy (non-hydrogen) atoms. The lowest BCUT2D eigenvalue weighted by Crippen LogP contribution is -2.37. The molecule has 0 amide bonds. The van der Waals surface area contributed by atoms with Crippen LogP contribution in [-0.4, -0.2) is 36.3 Å². The normalized spacial score (nSPS) is 13.2. The lowest BCUT2D eigenvalue weighted by Gasteiger charge is -2.28. The number of ether oxygens (including phenoxy) is 1. The van der Waals surface area contributed by atoms with Gasteiger partial charge in [0, 0.05) is 36.2 Å². The zero-order valence-corrected chi connectivity index (χ0v) is 16.6. The van der Waals surface area contributed by atoms with Crippen LogP contribution in [0.1, 0.15) is 33.4 Å². The van der Waals surface area contributed by atoms with Crippen LogP contribution in [0.5, 0.6) is 0 Å². The molecule has 0 aliphatic carbocycles. The number of rotatable bonds is 3. The molecule has 0 saturated carbocycles. The first kappa shape index (κ1) is 21.3. The van der Waals surface area contributed by atoms with Gasteiger partial charge in [0.25, 0.3) is 0 Å². The molecule has 1 fully saturated rings. The van der Waals surface area contributed by atoms with Crippen LogP contribution in [0, 0.1) is 0 Å². The Kier molecular flexibility index (Phi) is 9.96. The van der Waals surface area contributed by atoms with E-state index in [0.29, 0.717) is 11.6 Å². The van der Waals surface area contributed by atoms with Crippen molar-refractivity contribution in [1.29, 1.82) is 0 Å². The van der Waals surface area contributed by atoms with Gasteiger partial charge in [0.15, 0.2) is 5.82 Å². The van der Waals surface area contributed by atoms with Crippen LogP contribution in [0.4, 0.5) is 11.5 Å². The number of nitrogen functional groups attached to an aromatic ring is 1. The molecule has 2 N–H and O–H groups in total. The first-order valence-electron chi connectivity index (χ1n) is 8.94. The monoisotopic (exact) mass is 362 g/mol. The van der Waals surface area contributed by atoms with E-state index in [1.165, 1.54) is 0 Å². The number of nitrogens with zero attached hydrogens (tertiary/aromatic N) is 3. The van der Waals surface area contributed by atoms with Crippen molar-refractivity contribution >= 4 is 24.1 Å². The molecule has 1 aliphatic heterocycles. The lowest BCUT2D eigenvalue weighted by molar-refractivity contribution is 0.122. The van der Waals surface area contributed by atoms with Gasteiger partial charge in [-0.3, -0.25) is 0 Å². The van der Waals surface area contributed by atoms with Crippen molar-refractivity contribution in [1.82, 2.24) is 9.97 Å². The Morgan fingerprint density at radius 1 is 1.04 bits per heavy atom. The standard InChI is InChI=1S/C15H18N4OS.2C2H6/c16-12-3-1-11(2-4-12)15-17-13(10-21)9-14(18-15)19-5-7-20-8-6-19;2*1-2/h1-4,9,21H,5-8,10,16H2;2*1-2H3. The summed E-state index contributed by atoms with van der Waals surface area (Å²) < 4.78 is 5.39. The highest BCUT2D eigenvalue weighted by Gasteiger charge is 2.15. The number of thiol groups is 1. The van der Waals surface area contributed by atoms with E-state index in [2.05, 4.69) is 27.5 Å². The second-order valence-electron chi connectivity index (χ2n) is 4.92. The Labute approximate surface area is 157 Å². The average molecular weight is 363 g/mol. The largest absolute Gasteiger partial charge is 0.399 e. The molecule has 1 aromatic carbocycles. The minimum atomic E-state index is 0.585. The molecule has 1 saturated heterocycles. The molecule has 0 atom stereocenters. The molecule has 1 aliphatic rings. The second kappa shape index (κ2) is 11.7. The molecule has 0 bridgehead atoms. The van der Waals surface area contributed by atoms with E-state index in [0.717, 1.165) is 49.1 Å². The Hall–Kier alpha value is -1.79. The lowest BCUT2D eigenvalue weighted by atomic mass is 10.2. The SMILES string of the molecule is CC.CC.Nc1ccc(-c2nc(CS)cc(N3CCOCC3)n2)cc1. The van der Waals surface area contributed by atoms with Gasteiger partial charge in [0.1, 0.15) is 5.82 Å². The van der Waals surface area contributed by atoms with Gasteiger partial charge < -0.3 is 15.4 Å². The summed E-state index contributed by atoms with van der Waals surface area (Å²) in [6, 6.07) is 9.60. The predicted octanol–water partition coefficient (Wildman–Crippen LogP) is 4.04. The third-order valence-electron chi connectivity index (χ3n) is 3.43. The maximum atomic E-state index is 5.73. The third-order valence-corrected chi connectivity index (χ3v) is 3.76. The van der Waals surface area contributed by atoms with Gasteiger partial charge in [-0.1, -0.05) is 27.7 Å². The smallest absolute Gasteiger partial charge is 0.161 e. The van der Waals surface area contributed by atoms with E-state index in [1.807, 2.05) is 58.0 Å². The number of morpholine rings is 1. The minimum absolute atomic E-state index is 0.585. The van der Waals surface area contributed by atoms with E-state index in [4.69, 9.17) is 10.5 Å². The first-order chi connectivity index (χ1) is 12.3. The second-order valence-corrected chi connectivity index (χ2v) is 5.24. The quantitative estimate of drug-likeness (QED) is 0.637. The molecule has 6 heteroatoms. The van der Waals surface area contributed by atoms with Gasteiger partial charge in [0.05, 0.1) is 18.9 Å².